The molecule has 0 atom stereocenters. The molecule has 1 aromatic rings. The molecule has 3 heteroatoms. The van der Waals surface area contributed by atoms with Crippen molar-refractivity contribution in [3.05, 3.63) is 29.8 Å². The van der Waals surface area contributed by atoms with Crippen molar-refractivity contribution in [2.24, 2.45) is 4.40 Å². The molecular weight excluding hydrogens is 158 g/mol. The third-order valence-corrected chi connectivity index (χ3v) is 1.93. The zero-order valence-corrected chi connectivity index (χ0v) is 6.60. The Morgan fingerprint density at radius 2 is 2.36 bits per heavy atom. The Bertz CT molecular complexity index is 285. The summed E-state index contributed by atoms with van der Waals surface area (Å²) in [7, 11) is 0. The maximum Gasteiger partial charge on any atom is 0.201 e. The summed E-state index contributed by atoms with van der Waals surface area (Å²) in [6, 6.07) is 7.89. The highest BCUT2D eigenvalue weighted by Crippen LogP contribution is 2.24. The van der Waals surface area contributed by atoms with Gasteiger partial charge in [-0.2, -0.15) is 4.40 Å². The van der Waals surface area contributed by atoms with Crippen LogP contribution in [0.3, 0.4) is 0 Å². The molecule has 0 aromatic heterocycles. The van der Waals surface area contributed by atoms with Crippen LogP contribution in [0.2, 0.25) is 0 Å². The van der Waals surface area contributed by atoms with Gasteiger partial charge >= 0.3 is 0 Å². The van der Waals surface area contributed by atoms with Crippen molar-refractivity contribution >= 4 is 18.4 Å². The van der Waals surface area contributed by atoms with E-state index in [0.29, 0.717) is 0 Å². The Morgan fingerprint density at radius 1 is 1.45 bits per heavy atom. The molecule has 1 heterocycles. The summed E-state index contributed by atoms with van der Waals surface area (Å²) in [5, 5.41) is 0. The van der Waals surface area contributed by atoms with E-state index in [0.717, 1.165) is 30.0 Å². The summed E-state index contributed by atoms with van der Waals surface area (Å²) in [5.74, 6) is 0.895. The van der Waals surface area contributed by atoms with Crippen molar-refractivity contribution in [1.29, 1.82) is 0 Å². The van der Waals surface area contributed by atoms with Gasteiger partial charge in [0.25, 0.3) is 0 Å². The highest BCUT2D eigenvalue weighted by molar-refractivity contribution is 7.93. The first-order valence-corrected chi connectivity index (χ1v) is 4.01. The molecule has 1 radical (unpaired) electrons. The van der Waals surface area contributed by atoms with E-state index in [1.165, 1.54) is 0 Å². The lowest BCUT2D eigenvalue weighted by Crippen LogP contribution is -1.86. The van der Waals surface area contributed by atoms with E-state index in [1.54, 1.807) is 0 Å². The van der Waals surface area contributed by atoms with Crippen LogP contribution in [0.5, 0.6) is 5.75 Å². The predicted octanol–water partition coefficient (Wildman–Crippen LogP) is 2.13. The SMILES string of the molecule is [C]1=NSOc2ccccc2C1. The highest BCUT2D eigenvalue weighted by Gasteiger charge is 2.04. The Morgan fingerprint density at radius 3 is 3.36 bits per heavy atom. The number of hydrogen-bond acceptors (Lipinski definition) is 3. The molecule has 11 heavy (non-hydrogen) atoms. The minimum atomic E-state index is 0.739. The second-order valence-electron chi connectivity index (χ2n) is 2.19. The molecule has 0 saturated heterocycles. The summed E-state index contributed by atoms with van der Waals surface area (Å²) < 4.78 is 9.07. The molecular formula is C8H6NOS. The molecule has 0 unspecified atom stereocenters. The van der Waals surface area contributed by atoms with E-state index in [9.17, 15) is 0 Å². The van der Waals surface area contributed by atoms with Crippen LogP contribution in [0.4, 0.5) is 0 Å². The number of fused-ring (bicyclic) bond motifs is 1. The number of para-hydroxylation sites is 1. The second-order valence-corrected chi connectivity index (χ2v) is 2.69. The highest BCUT2D eigenvalue weighted by atomic mass is 32.2. The minimum absolute atomic E-state index is 0.739. The molecule has 0 amide bonds. The van der Waals surface area contributed by atoms with Crippen molar-refractivity contribution in [3.8, 4) is 5.75 Å². The lowest BCUT2D eigenvalue weighted by atomic mass is 10.1. The van der Waals surface area contributed by atoms with Gasteiger partial charge in [-0.15, -0.1) is 0 Å². The molecule has 55 valence electrons. The van der Waals surface area contributed by atoms with Crippen LogP contribution < -0.4 is 4.18 Å². The van der Waals surface area contributed by atoms with Gasteiger partial charge in [-0.25, -0.2) is 0 Å². The average molecular weight is 164 g/mol. The zero-order valence-electron chi connectivity index (χ0n) is 5.78. The van der Waals surface area contributed by atoms with Gasteiger partial charge < -0.3 is 4.18 Å². The van der Waals surface area contributed by atoms with E-state index in [1.807, 2.05) is 24.3 Å². The summed E-state index contributed by atoms with van der Waals surface area (Å²) in [5.41, 5.74) is 1.14. The standard InChI is InChI=1S/C8H6NOS/c1-2-4-8-7(3-1)5-6-9-11-10-8/h1-4H,5H2. The topological polar surface area (TPSA) is 21.6 Å². The molecule has 0 N–H and O–H groups in total. The molecule has 0 bridgehead atoms. The van der Waals surface area contributed by atoms with Gasteiger partial charge in [-0.3, -0.25) is 0 Å². The molecule has 0 aliphatic carbocycles. The maximum atomic E-state index is 5.24. The lowest BCUT2D eigenvalue weighted by molar-refractivity contribution is 0.642. The quantitative estimate of drug-likeness (QED) is 0.433. The van der Waals surface area contributed by atoms with Gasteiger partial charge in [0, 0.05) is 12.0 Å². The molecule has 0 saturated carbocycles. The van der Waals surface area contributed by atoms with Gasteiger partial charge in [-0.1, -0.05) is 18.2 Å². The fraction of sp³-hybridized carbons (Fsp3) is 0.125. The third-order valence-electron chi connectivity index (χ3n) is 1.47. The van der Waals surface area contributed by atoms with Crippen LogP contribution in [-0.2, 0) is 6.42 Å². The van der Waals surface area contributed by atoms with Crippen LogP contribution in [-0.4, -0.2) is 6.21 Å². The molecule has 1 aliphatic rings. The van der Waals surface area contributed by atoms with Crippen molar-refractivity contribution < 1.29 is 4.18 Å². The third kappa shape index (κ3) is 1.38. The number of rotatable bonds is 0. The Labute approximate surface area is 69.6 Å². The van der Waals surface area contributed by atoms with Gasteiger partial charge in [0.2, 0.25) is 12.2 Å². The fourth-order valence-corrected chi connectivity index (χ4v) is 1.33. The second kappa shape index (κ2) is 2.96. The predicted molar refractivity (Wildman–Crippen MR) is 45.8 cm³/mol. The number of nitrogens with zero attached hydrogens (tertiary/aromatic N) is 1. The first-order valence-electron chi connectivity index (χ1n) is 3.31. The molecule has 0 fully saturated rings. The van der Waals surface area contributed by atoms with Gasteiger partial charge in [0.15, 0.2) is 0 Å². The molecule has 0 spiro atoms. The van der Waals surface area contributed by atoms with Crippen molar-refractivity contribution in [2.45, 2.75) is 6.42 Å². The zero-order chi connectivity index (χ0) is 7.52. The Kier molecular flexibility index (Phi) is 1.81. The van der Waals surface area contributed by atoms with Gasteiger partial charge in [0.05, 0.1) is 6.21 Å². The van der Waals surface area contributed by atoms with Crippen molar-refractivity contribution in [2.75, 3.05) is 0 Å². The lowest BCUT2D eigenvalue weighted by Gasteiger charge is -2.01. The number of hydrogen-bond donors (Lipinski definition) is 0. The van der Waals surface area contributed by atoms with E-state index in [-0.39, 0.29) is 0 Å². The summed E-state index contributed by atoms with van der Waals surface area (Å²) in [6.07, 6.45) is 3.61. The van der Waals surface area contributed by atoms with E-state index in [4.69, 9.17) is 4.18 Å². The minimum Gasteiger partial charge on any atom is -0.404 e. The van der Waals surface area contributed by atoms with Crippen LogP contribution in [0.1, 0.15) is 5.56 Å². The largest absolute Gasteiger partial charge is 0.404 e. The maximum absolute atomic E-state index is 5.24. The summed E-state index contributed by atoms with van der Waals surface area (Å²) >= 11 is 1.07. The Balaban J connectivity index is 2.40. The van der Waals surface area contributed by atoms with Crippen molar-refractivity contribution in [3.63, 3.8) is 0 Å². The van der Waals surface area contributed by atoms with Crippen LogP contribution in [0, 0.1) is 0 Å². The first kappa shape index (κ1) is 6.73. The summed E-state index contributed by atoms with van der Waals surface area (Å²) in [6.45, 7) is 0. The van der Waals surface area contributed by atoms with E-state index < -0.39 is 0 Å². The fourth-order valence-electron chi connectivity index (χ4n) is 0.934. The van der Waals surface area contributed by atoms with Gasteiger partial charge in [0.1, 0.15) is 5.75 Å². The van der Waals surface area contributed by atoms with E-state index >= 15 is 0 Å². The average Bonchev–Trinajstić information content (AvgIpc) is 2.28. The summed E-state index contributed by atoms with van der Waals surface area (Å²) in [4.78, 5) is 0. The van der Waals surface area contributed by atoms with Crippen LogP contribution in [0.15, 0.2) is 28.7 Å². The normalized spacial score (nSPS) is 14.9. The molecule has 1 aliphatic heterocycles. The molecule has 2 rings (SSSR count). The number of benzene rings is 1. The smallest absolute Gasteiger partial charge is 0.201 e. The van der Waals surface area contributed by atoms with Gasteiger partial charge in [-0.05, 0) is 6.07 Å². The van der Waals surface area contributed by atoms with Crippen LogP contribution >= 0.6 is 12.2 Å². The first-order chi connectivity index (χ1) is 5.47. The Hall–Kier alpha value is -0.960. The van der Waals surface area contributed by atoms with Crippen molar-refractivity contribution in [1.82, 2.24) is 0 Å². The van der Waals surface area contributed by atoms with E-state index in [2.05, 4.69) is 10.6 Å². The monoisotopic (exact) mass is 164 g/mol. The molecule has 2 nitrogen and oxygen atoms in total. The van der Waals surface area contributed by atoms with Crippen LogP contribution in [0.25, 0.3) is 0 Å². The molecule has 1 aromatic carbocycles.